The lowest BCUT2D eigenvalue weighted by Crippen LogP contribution is -2.04. The second-order valence-corrected chi connectivity index (χ2v) is 2.78. The number of hydrogen-bond acceptors (Lipinski definition) is 3. The summed E-state index contributed by atoms with van der Waals surface area (Å²) in [5.74, 6) is 6.02. The van der Waals surface area contributed by atoms with Gasteiger partial charge in [0.05, 0.1) is 18.9 Å². The van der Waals surface area contributed by atoms with E-state index < -0.39 is 0 Å². The molecule has 0 aromatic carbocycles. The first-order valence-electron chi connectivity index (χ1n) is 4.32. The predicted octanol–water partition coefficient (Wildman–Crippen LogP) is 0.300. The molecule has 2 rings (SSSR count). The van der Waals surface area contributed by atoms with Gasteiger partial charge in [0.25, 0.3) is 0 Å². The molecule has 4 heteroatoms. The number of fused-ring (bicyclic) bond motifs is 1. The summed E-state index contributed by atoms with van der Waals surface area (Å²) in [7, 11) is 1.87. The maximum Gasteiger partial charge on any atom is 0.156 e. The van der Waals surface area contributed by atoms with Crippen LogP contribution >= 0.6 is 0 Å². The third-order valence-electron chi connectivity index (χ3n) is 1.80. The van der Waals surface area contributed by atoms with Crippen molar-refractivity contribution < 1.29 is 0 Å². The molecule has 0 aliphatic rings. The van der Waals surface area contributed by atoms with E-state index >= 15 is 0 Å². The van der Waals surface area contributed by atoms with Crippen LogP contribution in [0, 0.1) is 11.8 Å². The summed E-state index contributed by atoms with van der Waals surface area (Å²) in [6.45, 7) is 0.679. The summed E-state index contributed by atoms with van der Waals surface area (Å²) in [4.78, 5) is 8.15. The fourth-order valence-corrected chi connectivity index (χ4v) is 1.16. The van der Waals surface area contributed by atoms with Crippen LogP contribution in [-0.2, 0) is 0 Å². The fourth-order valence-electron chi connectivity index (χ4n) is 1.16. The number of hydrogen-bond donors (Lipinski definition) is 1. The van der Waals surface area contributed by atoms with E-state index in [1.807, 2.05) is 17.6 Å². The summed E-state index contributed by atoms with van der Waals surface area (Å²) in [5.41, 5.74) is 1.71. The summed E-state index contributed by atoms with van der Waals surface area (Å²) < 4.78 is 1.91. The molecule has 0 amide bonds. The third kappa shape index (κ3) is 1.58. The minimum absolute atomic E-state index is 0.679. The van der Waals surface area contributed by atoms with Gasteiger partial charge in [-0.2, -0.15) is 0 Å². The van der Waals surface area contributed by atoms with E-state index in [-0.39, 0.29) is 0 Å². The molecule has 0 spiro atoms. The Morgan fingerprint density at radius 1 is 1.50 bits per heavy atom. The van der Waals surface area contributed by atoms with Crippen LogP contribution in [0.5, 0.6) is 0 Å². The molecular weight excluding hydrogens is 176 g/mol. The molecular formula is C10H10N4. The molecule has 0 aliphatic heterocycles. The van der Waals surface area contributed by atoms with Gasteiger partial charge in [-0.25, -0.2) is 4.98 Å². The molecule has 0 fully saturated rings. The van der Waals surface area contributed by atoms with E-state index in [1.165, 1.54) is 0 Å². The molecule has 0 bridgehead atoms. The van der Waals surface area contributed by atoms with Crippen LogP contribution in [0.25, 0.3) is 5.65 Å². The van der Waals surface area contributed by atoms with Crippen molar-refractivity contribution >= 4 is 5.65 Å². The largest absolute Gasteiger partial charge is 0.309 e. The van der Waals surface area contributed by atoms with Gasteiger partial charge >= 0.3 is 0 Å². The first-order chi connectivity index (χ1) is 6.92. The lowest BCUT2D eigenvalue weighted by atomic mass is 10.4. The Morgan fingerprint density at radius 3 is 3.29 bits per heavy atom. The van der Waals surface area contributed by atoms with Crippen LogP contribution in [0.2, 0.25) is 0 Å². The van der Waals surface area contributed by atoms with E-state index in [2.05, 4.69) is 27.1 Å². The highest BCUT2D eigenvalue weighted by Crippen LogP contribution is 2.02. The molecule has 1 N–H and O–H groups in total. The Hall–Kier alpha value is -1.86. The maximum absolute atomic E-state index is 4.17. The zero-order chi connectivity index (χ0) is 9.80. The third-order valence-corrected chi connectivity index (χ3v) is 1.80. The average molecular weight is 186 g/mol. The number of nitrogens with one attached hydrogen (secondary N) is 1. The van der Waals surface area contributed by atoms with Gasteiger partial charge in [-0.3, -0.25) is 9.38 Å². The SMILES string of the molecule is CNCC#Cc1cnc2cnccn12. The molecule has 2 aromatic rings. The smallest absolute Gasteiger partial charge is 0.156 e. The molecule has 2 heterocycles. The number of rotatable bonds is 1. The summed E-state index contributed by atoms with van der Waals surface area (Å²) in [5, 5.41) is 2.96. The van der Waals surface area contributed by atoms with Crippen LogP contribution in [0.4, 0.5) is 0 Å². The Labute approximate surface area is 82.0 Å². The van der Waals surface area contributed by atoms with Gasteiger partial charge in [0.1, 0.15) is 5.69 Å². The number of imidazole rings is 1. The monoisotopic (exact) mass is 186 g/mol. The van der Waals surface area contributed by atoms with Crippen molar-refractivity contribution in [1.29, 1.82) is 0 Å². The van der Waals surface area contributed by atoms with Gasteiger partial charge in [0, 0.05) is 12.4 Å². The zero-order valence-electron chi connectivity index (χ0n) is 7.86. The quantitative estimate of drug-likeness (QED) is 0.651. The van der Waals surface area contributed by atoms with Crippen LogP contribution in [0.3, 0.4) is 0 Å². The van der Waals surface area contributed by atoms with Crippen molar-refractivity contribution in [3.05, 3.63) is 30.5 Å². The average Bonchev–Trinajstić information content (AvgIpc) is 2.63. The van der Waals surface area contributed by atoms with E-state index in [4.69, 9.17) is 0 Å². The molecule has 2 aromatic heterocycles. The Kier molecular flexibility index (Phi) is 2.43. The molecule has 0 saturated heterocycles. The van der Waals surface area contributed by atoms with Crippen LogP contribution < -0.4 is 5.32 Å². The van der Waals surface area contributed by atoms with Crippen molar-refractivity contribution in [2.24, 2.45) is 0 Å². The zero-order valence-corrected chi connectivity index (χ0v) is 7.86. The highest BCUT2D eigenvalue weighted by molar-refractivity contribution is 5.42. The maximum atomic E-state index is 4.17. The van der Waals surface area contributed by atoms with Gasteiger partial charge in [0.2, 0.25) is 0 Å². The van der Waals surface area contributed by atoms with E-state index in [9.17, 15) is 0 Å². The Balaban J connectivity index is 2.40. The number of aromatic nitrogens is 3. The minimum Gasteiger partial charge on any atom is -0.309 e. The van der Waals surface area contributed by atoms with E-state index in [1.54, 1.807) is 18.6 Å². The predicted molar refractivity (Wildman–Crippen MR) is 53.8 cm³/mol. The van der Waals surface area contributed by atoms with Gasteiger partial charge in [0.15, 0.2) is 5.65 Å². The minimum atomic E-state index is 0.679. The second-order valence-electron chi connectivity index (χ2n) is 2.78. The standard InChI is InChI=1S/C10H10N4/c1-11-4-2-3-9-7-13-10-8-12-5-6-14(9)10/h5-8,11H,4H2,1H3. The highest BCUT2D eigenvalue weighted by atomic mass is 15.0. The molecule has 0 saturated carbocycles. The van der Waals surface area contributed by atoms with Gasteiger partial charge in [-0.05, 0) is 13.0 Å². The van der Waals surface area contributed by atoms with Crippen LogP contribution in [0.1, 0.15) is 5.69 Å². The van der Waals surface area contributed by atoms with Crippen molar-refractivity contribution in [1.82, 2.24) is 19.7 Å². The first-order valence-corrected chi connectivity index (χ1v) is 4.32. The molecule has 0 radical (unpaired) electrons. The summed E-state index contributed by atoms with van der Waals surface area (Å²) in [6, 6.07) is 0. The number of nitrogens with zero attached hydrogens (tertiary/aromatic N) is 3. The molecule has 4 nitrogen and oxygen atoms in total. The molecule has 0 aliphatic carbocycles. The topological polar surface area (TPSA) is 42.2 Å². The molecule has 0 atom stereocenters. The normalized spacial score (nSPS) is 9.79. The highest BCUT2D eigenvalue weighted by Gasteiger charge is 1.97. The van der Waals surface area contributed by atoms with E-state index in [0.717, 1.165) is 11.3 Å². The molecule has 14 heavy (non-hydrogen) atoms. The van der Waals surface area contributed by atoms with Crippen molar-refractivity contribution in [3.8, 4) is 11.8 Å². The van der Waals surface area contributed by atoms with Gasteiger partial charge in [-0.1, -0.05) is 5.92 Å². The molecule has 70 valence electrons. The fraction of sp³-hybridized carbons (Fsp3) is 0.200. The van der Waals surface area contributed by atoms with E-state index in [0.29, 0.717) is 6.54 Å². The molecule has 0 unspecified atom stereocenters. The second kappa shape index (κ2) is 3.90. The Morgan fingerprint density at radius 2 is 2.43 bits per heavy atom. The van der Waals surface area contributed by atoms with Crippen LogP contribution in [-0.4, -0.2) is 28.0 Å². The van der Waals surface area contributed by atoms with Gasteiger partial charge in [-0.15, -0.1) is 0 Å². The van der Waals surface area contributed by atoms with Crippen molar-refractivity contribution in [2.75, 3.05) is 13.6 Å². The van der Waals surface area contributed by atoms with Crippen molar-refractivity contribution in [2.45, 2.75) is 0 Å². The lowest BCUT2D eigenvalue weighted by Gasteiger charge is -1.91. The lowest BCUT2D eigenvalue weighted by molar-refractivity contribution is 0.937. The summed E-state index contributed by atoms with van der Waals surface area (Å²) >= 11 is 0. The van der Waals surface area contributed by atoms with Crippen molar-refractivity contribution in [3.63, 3.8) is 0 Å². The van der Waals surface area contributed by atoms with Crippen LogP contribution in [0.15, 0.2) is 24.8 Å². The van der Waals surface area contributed by atoms with Gasteiger partial charge < -0.3 is 5.32 Å². The first kappa shape index (κ1) is 8.73. The Bertz CT molecular complexity index is 489. The summed E-state index contributed by atoms with van der Waals surface area (Å²) in [6.07, 6.45) is 7.03.